The molecule has 1 aromatic heterocycles. The highest BCUT2D eigenvalue weighted by Gasteiger charge is 2.32. The van der Waals surface area contributed by atoms with Crippen LogP contribution in [0, 0.1) is 5.92 Å². The Hall–Kier alpha value is -2.99. The van der Waals surface area contributed by atoms with E-state index in [0.717, 1.165) is 12.1 Å². The summed E-state index contributed by atoms with van der Waals surface area (Å²) in [5.41, 5.74) is -0.551. The predicted molar refractivity (Wildman–Crippen MR) is 122 cm³/mol. The number of benzene rings is 1. The van der Waals surface area contributed by atoms with Gasteiger partial charge >= 0.3 is 12.2 Å². The lowest BCUT2D eigenvalue weighted by Crippen LogP contribution is -2.55. The first kappa shape index (κ1) is 26.6. The molecule has 3 amide bonds. The molecule has 2 N–H and O–H groups in total. The molecule has 0 aliphatic carbocycles. The maximum atomic E-state index is 13.0. The number of amides is 3. The SMILES string of the molecule is CC(C)CNC(=O)NC(=O)C(C)N1CCN(C(C)c2nc(-c3cccc(C(F)(F)F)c3)no2)CC1. The van der Waals surface area contributed by atoms with Crippen molar-refractivity contribution in [2.45, 2.75) is 46.0 Å². The third kappa shape index (κ3) is 7.01. The zero-order chi connectivity index (χ0) is 25.8. The van der Waals surface area contributed by atoms with Crippen LogP contribution in [0.4, 0.5) is 18.0 Å². The number of hydrogen-bond acceptors (Lipinski definition) is 7. The van der Waals surface area contributed by atoms with Crippen LogP contribution in [0.1, 0.15) is 45.2 Å². The lowest BCUT2D eigenvalue weighted by atomic mass is 10.1. The Labute approximate surface area is 202 Å². The van der Waals surface area contributed by atoms with Gasteiger partial charge in [0.15, 0.2) is 0 Å². The number of rotatable bonds is 7. The van der Waals surface area contributed by atoms with Gasteiger partial charge in [0.2, 0.25) is 17.6 Å². The fourth-order valence-corrected chi connectivity index (χ4v) is 3.75. The van der Waals surface area contributed by atoms with Gasteiger partial charge in [0.25, 0.3) is 0 Å². The second-order valence-corrected chi connectivity index (χ2v) is 9.05. The van der Waals surface area contributed by atoms with Crippen molar-refractivity contribution in [1.82, 2.24) is 30.6 Å². The molecule has 1 aliphatic heterocycles. The van der Waals surface area contributed by atoms with Crippen LogP contribution in [0.15, 0.2) is 28.8 Å². The van der Waals surface area contributed by atoms with Gasteiger partial charge in [-0.15, -0.1) is 0 Å². The quantitative estimate of drug-likeness (QED) is 0.606. The van der Waals surface area contributed by atoms with E-state index >= 15 is 0 Å². The molecular formula is C23H31F3N6O3. The monoisotopic (exact) mass is 496 g/mol. The van der Waals surface area contributed by atoms with Crippen LogP contribution >= 0.6 is 0 Å². The third-order valence-corrected chi connectivity index (χ3v) is 5.98. The Bertz CT molecular complexity index is 1020. The second kappa shape index (κ2) is 11.2. The van der Waals surface area contributed by atoms with Crippen molar-refractivity contribution < 1.29 is 27.3 Å². The number of hydrogen-bond donors (Lipinski definition) is 2. The summed E-state index contributed by atoms with van der Waals surface area (Å²) in [6, 6.07) is 3.56. The van der Waals surface area contributed by atoms with E-state index in [1.54, 1.807) is 6.92 Å². The van der Waals surface area contributed by atoms with Gasteiger partial charge in [0, 0.05) is 38.3 Å². The molecule has 1 fully saturated rings. The summed E-state index contributed by atoms with van der Waals surface area (Å²) in [5.74, 6) is 0.315. The van der Waals surface area contributed by atoms with Crippen molar-refractivity contribution in [2.75, 3.05) is 32.7 Å². The normalized spacial score (nSPS) is 17.3. The van der Waals surface area contributed by atoms with Crippen molar-refractivity contribution in [3.8, 4) is 11.4 Å². The number of carbonyl (C=O) groups is 2. The number of alkyl halides is 3. The zero-order valence-electron chi connectivity index (χ0n) is 20.2. The number of carbonyl (C=O) groups excluding carboxylic acids is 2. The molecule has 0 radical (unpaired) electrons. The van der Waals surface area contributed by atoms with E-state index < -0.39 is 23.8 Å². The van der Waals surface area contributed by atoms with E-state index in [2.05, 4.69) is 25.7 Å². The fourth-order valence-electron chi connectivity index (χ4n) is 3.75. The molecule has 12 heteroatoms. The van der Waals surface area contributed by atoms with Crippen LogP contribution < -0.4 is 10.6 Å². The number of aromatic nitrogens is 2. The summed E-state index contributed by atoms with van der Waals surface area (Å²) in [4.78, 5) is 32.7. The molecular weight excluding hydrogens is 465 g/mol. The summed E-state index contributed by atoms with van der Waals surface area (Å²) < 4.78 is 44.4. The van der Waals surface area contributed by atoms with Gasteiger partial charge in [-0.2, -0.15) is 18.2 Å². The molecule has 1 aliphatic rings. The van der Waals surface area contributed by atoms with Gasteiger partial charge < -0.3 is 9.84 Å². The molecule has 2 aromatic rings. The van der Waals surface area contributed by atoms with Crippen LogP contribution in [0.25, 0.3) is 11.4 Å². The van der Waals surface area contributed by atoms with Crippen LogP contribution in [0.5, 0.6) is 0 Å². The molecule has 192 valence electrons. The summed E-state index contributed by atoms with van der Waals surface area (Å²) >= 11 is 0. The number of nitrogens with one attached hydrogen (secondary N) is 2. The van der Waals surface area contributed by atoms with Gasteiger partial charge in [-0.1, -0.05) is 31.1 Å². The van der Waals surface area contributed by atoms with Gasteiger partial charge in [0.05, 0.1) is 17.6 Å². The highest BCUT2D eigenvalue weighted by atomic mass is 19.4. The molecule has 2 atom stereocenters. The fraction of sp³-hybridized carbons (Fsp3) is 0.565. The molecule has 2 unspecified atom stereocenters. The average Bonchev–Trinajstić information content (AvgIpc) is 3.32. The van der Waals surface area contributed by atoms with Crippen LogP contribution in [0.2, 0.25) is 0 Å². The Morgan fingerprint density at radius 2 is 1.74 bits per heavy atom. The molecule has 1 saturated heterocycles. The van der Waals surface area contributed by atoms with Gasteiger partial charge in [-0.3, -0.25) is 19.9 Å². The summed E-state index contributed by atoms with van der Waals surface area (Å²) in [6.07, 6.45) is -4.46. The smallest absolute Gasteiger partial charge is 0.338 e. The van der Waals surface area contributed by atoms with Crippen LogP contribution in [-0.2, 0) is 11.0 Å². The lowest BCUT2D eigenvalue weighted by Gasteiger charge is -2.39. The number of piperazine rings is 1. The van der Waals surface area contributed by atoms with E-state index in [9.17, 15) is 22.8 Å². The molecule has 35 heavy (non-hydrogen) atoms. The number of imide groups is 1. The van der Waals surface area contributed by atoms with Gasteiger partial charge in [0.1, 0.15) is 0 Å². The number of halogens is 3. The summed E-state index contributed by atoms with van der Waals surface area (Å²) in [6.45, 7) is 10.4. The largest absolute Gasteiger partial charge is 0.416 e. The minimum Gasteiger partial charge on any atom is -0.338 e. The first-order valence-electron chi connectivity index (χ1n) is 11.5. The molecule has 0 bridgehead atoms. The summed E-state index contributed by atoms with van der Waals surface area (Å²) in [7, 11) is 0. The Morgan fingerprint density at radius 1 is 1.09 bits per heavy atom. The van der Waals surface area contributed by atoms with Crippen molar-refractivity contribution in [1.29, 1.82) is 0 Å². The predicted octanol–water partition coefficient (Wildman–Crippen LogP) is 3.30. The van der Waals surface area contributed by atoms with E-state index in [0.29, 0.717) is 38.6 Å². The minimum atomic E-state index is -4.46. The molecule has 0 saturated carbocycles. The average molecular weight is 497 g/mol. The highest BCUT2D eigenvalue weighted by molar-refractivity contribution is 5.96. The molecule has 0 spiro atoms. The van der Waals surface area contributed by atoms with Crippen molar-refractivity contribution in [3.05, 3.63) is 35.7 Å². The first-order chi connectivity index (χ1) is 16.5. The lowest BCUT2D eigenvalue weighted by molar-refractivity contribution is -0.137. The van der Waals surface area contributed by atoms with Crippen molar-refractivity contribution in [2.24, 2.45) is 5.92 Å². The standard InChI is InChI=1S/C23H31F3N6O3/c1-14(2)13-27-22(34)29-20(33)15(3)31-8-10-32(11-9-31)16(4)21-28-19(30-35-21)17-6-5-7-18(12-17)23(24,25)26/h5-7,12,14-16H,8-11,13H2,1-4H3,(H2,27,29,33,34). The first-order valence-corrected chi connectivity index (χ1v) is 11.5. The maximum absolute atomic E-state index is 13.0. The molecule has 2 heterocycles. The highest BCUT2D eigenvalue weighted by Crippen LogP contribution is 2.32. The summed E-state index contributed by atoms with van der Waals surface area (Å²) in [5, 5.41) is 8.90. The number of nitrogens with zero attached hydrogens (tertiary/aromatic N) is 4. The molecule has 1 aromatic carbocycles. The van der Waals surface area contributed by atoms with E-state index in [4.69, 9.17) is 4.52 Å². The van der Waals surface area contributed by atoms with E-state index in [1.807, 2.05) is 25.7 Å². The van der Waals surface area contributed by atoms with Crippen molar-refractivity contribution >= 4 is 11.9 Å². The molecule has 9 nitrogen and oxygen atoms in total. The Balaban J connectivity index is 1.54. The van der Waals surface area contributed by atoms with Gasteiger partial charge in [-0.25, -0.2) is 4.79 Å². The number of urea groups is 1. The van der Waals surface area contributed by atoms with E-state index in [1.165, 1.54) is 12.1 Å². The third-order valence-electron chi connectivity index (χ3n) is 5.98. The van der Waals surface area contributed by atoms with Crippen LogP contribution in [-0.4, -0.2) is 70.6 Å². The Kier molecular flexibility index (Phi) is 8.49. The van der Waals surface area contributed by atoms with Crippen molar-refractivity contribution in [3.63, 3.8) is 0 Å². The van der Waals surface area contributed by atoms with E-state index in [-0.39, 0.29) is 29.3 Å². The topological polar surface area (TPSA) is 104 Å². The Morgan fingerprint density at radius 3 is 2.37 bits per heavy atom. The maximum Gasteiger partial charge on any atom is 0.416 e. The zero-order valence-corrected chi connectivity index (χ0v) is 20.2. The minimum absolute atomic E-state index is 0.0950. The second-order valence-electron chi connectivity index (χ2n) is 9.05. The molecule has 3 rings (SSSR count). The van der Waals surface area contributed by atoms with Crippen LogP contribution in [0.3, 0.4) is 0 Å². The van der Waals surface area contributed by atoms with Gasteiger partial charge in [-0.05, 0) is 31.9 Å².